The molecule has 1 saturated heterocycles. The topological polar surface area (TPSA) is 92.6 Å². The predicted octanol–water partition coefficient (Wildman–Crippen LogP) is 1.97. The SMILES string of the molecule is CCCNC(=O)CN1CCC(NC(=NC)NCc2cc(C#N)ccc2F)CC1.I. The molecular formula is C20H30FIN6O. The number of benzene rings is 1. The zero-order chi connectivity index (χ0) is 20.4. The van der Waals surface area contributed by atoms with Gasteiger partial charge in [-0.3, -0.25) is 14.7 Å². The number of likely N-dealkylation sites (tertiary alicyclic amines) is 1. The van der Waals surface area contributed by atoms with Crippen LogP contribution in [0, 0.1) is 17.1 Å². The van der Waals surface area contributed by atoms with Crippen molar-refractivity contribution >= 4 is 35.8 Å². The highest BCUT2D eigenvalue weighted by Crippen LogP contribution is 2.11. The van der Waals surface area contributed by atoms with E-state index in [0.29, 0.717) is 23.6 Å². The number of rotatable bonds is 7. The van der Waals surface area contributed by atoms with Crippen LogP contribution in [0.4, 0.5) is 4.39 Å². The van der Waals surface area contributed by atoms with Crippen LogP contribution in [0.15, 0.2) is 23.2 Å². The van der Waals surface area contributed by atoms with Crippen molar-refractivity contribution < 1.29 is 9.18 Å². The molecule has 1 heterocycles. The second kappa shape index (κ2) is 13.3. The van der Waals surface area contributed by atoms with Crippen LogP contribution < -0.4 is 16.0 Å². The molecule has 0 spiro atoms. The summed E-state index contributed by atoms with van der Waals surface area (Å²) in [7, 11) is 1.67. The Labute approximate surface area is 189 Å². The largest absolute Gasteiger partial charge is 0.355 e. The number of hydrogen-bond acceptors (Lipinski definition) is 4. The van der Waals surface area contributed by atoms with Gasteiger partial charge in [0, 0.05) is 44.8 Å². The lowest BCUT2D eigenvalue weighted by molar-refractivity contribution is -0.122. The number of nitriles is 1. The molecule has 0 atom stereocenters. The van der Waals surface area contributed by atoms with E-state index < -0.39 is 0 Å². The minimum Gasteiger partial charge on any atom is -0.355 e. The maximum Gasteiger partial charge on any atom is 0.234 e. The highest BCUT2D eigenvalue weighted by atomic mass is 127. The lowest BCUT2D eigenvalue weighted by atomic mass is 10.1. The fourth-order valence-corrected chi connectivity index (χ4v) is 3.11. The van der Waals surface area contributed by atoms with Crippen molar-refractivity contribution in [3.8, 4) is 6.07 Å². The van der Waals surface area contributed by atoms with E-state index in [1.807, 2.05) is 13.0 Å². The van der Waals surface area contributed by atoms with Crippen LogP contribution in [0.25, 0.3) is 0 Å². The fourth-order valence-electron chi connectivity index (χ4n) is 3.11. The first-order valence-corrected chi connectivity index (χ1v) is 9.70. The molecule has 160 valence electrons. The number of nitrogens with zero attached hydrogens (tertiary/aromatic N) is 3. The van der Waals surface area contributed by atoms with Gasteiger partial charge >= 0.3 is 0 Å². The van der Waals surface area contributed by atoms with E-state index >= 15 is 0 Å². The maximum absolute atomic E-state index is 13.9. The zero-order valence-electron chi connectivity index (χ0n) is 17.0. The van der Waals surface area contributed by atoms with Crippen molar-refractivity contribution in [3.05, 3.63) is 35.1 Å². The number of halogens is 2. The summed E-state index contributed by atoms with van der Waals surface area (Å²) >= 11 is 0. The summed E-state index contributed by atoms with van der Waals surface area (Å²) in [4.78, 5) is 18.2. The van der Waals surface area contributed by atoms with E-state index in [1.165, 1.54) is 18.2 Å². The van der Waals surface area contributed by atoms with E-state index in [2.05, 4.69) is 25.8 Å². The third-order valence-electron chi connectivity index (χ3n) is 4.71. The molecule has 1 amide bonds. The van der Waals surface area contributed by atoms with Gasteiger partial charge in [-0.05, 0) is 37.5 Å². The van der Waals surface area contributed by atoms with Crippen molar-refractivity contribution in [1.29, 1.82) is 5.26 Å². The monoisotopic (exact) mass is 516 g/mol. The Morgan fingerprint density at radius 1 is 1.34 bits per heavy atom. The summed E-state index contributed by atoms with van der Waals surface area (Å²) in [6.07, 6.45) is 2.74. The number of carbonyl (C=O) groups is 1. The first-order chi connectivity index (χ1) is 13.5. The summed E-state index contributed by atoms with van der Waals surface area (Å²) in [5.41, 5.74) is 0.853. The molecule has 1 aromatic carbocycles. The molecule has 3 N–H and O–H groups in total. The summed E-state index contributed by atoms with van der Waals surface area (Å²) < 4.78 is 13.9. The van der Waals surface area contributed by atoms with Gasteiger partial charge in [0.25, 0.3) is 0 Å². The van der Waals surface area contributed by atoms with Crippen LogP contribution in [0.2, 0.25) is 0 Å². The van der Waals surface area contributed by atoms with Gasteiger partial charge in [0.15, 0.2) is 5.96 Å². The van der Waals surface area contributed by atoms with Crippen LogP contribution >= 0.6 is 24.0 Å². The maximum atomic E-state index is 13.9. The number of amides is 1. The van der Waals surface area contributed by atoms with E-state index in [4.69, 9.17) is 5.26 Å². The molecule has 0 radical (unpaired) electrons. The molecule has 1 fully saturated rings. The van der Waals surface area contributed by atoms with Crippen molar-refractivity contribution in [2.45, 2.75) is 38.8 Å². The van der Waals surface area contributed by atoms with Crippen molar-refractivity contribution in [2.75, 3.05) is 33.2 Å². The Bertz CT molecular complexity index is 728. The molecular weight excluding hydrogens is 486 g/mol. The van der Waals surface area contributed by atoms with E-state index in [9.17, 15) is 9.18 Å². The van der Waals surface area contributed by atoms with E-state index in [1.54, 1.807) is 7.05 Å². The summed E-state index contributed by atoms with van der Waals surface area (Å²) in [6, 6.07) is 6.57. The molecule has 7 nitrogen and oxygen atoms in total. The summed E-state index contributed by atoms with van der Waals surface area (Å²) in [5, 5.41) is 18.3. The fraction of sp³-hybridized carbons (Fsp3) is 0.550. The van der Waals surface area contributed by atoms with Crippen molar-refractivity contribution in [1.82, 2.24) is 20.9 Å². The average Bonchev–Trinajstić information content (AvgIpc) is 2.71. The van der Waals surface area contributed by atoms with Gasteiger partial charge < -0.3 is 16.0 Å². The highest BCUT2D eigenvalue weighted by molar-refractivity contribution is 14.0. The van der Waals surface area contributed by atoms with Crippen LogP contribution in [0.1, 0.15) is 37.3 Å². The lowest BCUT2D eigenvalue weighted by Gasteiger charge is -2.32. The minimum atomic E-state index is -0.350. The molecule has 29 heavy (non-hydrogen) atoms. The van der Waals surface area contributed by atoms with Crippen LogP contribution in [0.3, 0.4) is 0 Å². The van der Waals surface area contributed by atoms with Gasteiger partial charge in [0.05, 0.1) is 18.2 Å². The van der Waals surface area contributed by atoms with Crippen LogP contribution in [-0.2, 0) is 11.3 Å². The molecule has 0 unspecified atom stereocenters. The number of carbonyl (C=O) groups excluding carboxylic acids is 1. The second-order valence-corrected chi connectivity index (χ2v) is 6.89. The standard InChI is InChI=1S/C20H29FN6O.HI/c1-3-8-24-19(28)14-27-9-6-17(7-10-27)26-20(23-2)25-13-16-11-15(12-22)4-5-18(16)21;/h4-5,11,17H,3,6-10,13-14H2,1-2H3,(H,24,28)(H2,23,25,26);1H. The van der Waals surface area contributed by atoms with Gasteiger partial charge in [0.1, 0.15) is 5.82 Å². The Hall–Kier alpha value is -1.93. The van der Waals surface area contributed by atoms with Crippen LogP contribution in [-0.4, -0.2) is 56.0 Å². The van der Waals surface area contributed by atoms with Gasteiger partial charge in [-0.15, -0.1) is 24.0 Å². The van der Waals surface area contributed by atoms with Crippen LogP contribution in [0.5, 0.6) is 0 Å². The second-order valence-electron chi connectivity index (χ2n) is 6.89. The first-order valence-electron chi connectivity index (χ1n) is 9.70. The summed E-state index contributed by atoms with van der Waals surface area (Å²) in [5.74, 6) is 0.324. The molecule has 1 aliphatic rings. The molecule has 0 bridgehead atoms. The van der Waals surface area contributed by atoms with E-state index in [-0.39, 0.29) is 48.3 Å². The molecule has 2 rings (SSSR count). The number of nitrogens with one attached hydrogen (secondary N) is 3. The third-order valence-corrected chi connectivity index (χ3v) is 4.71. The number of hydrogen-bond donors (Lipinski definition) is 3. The van der Waals surface area contributed by atoms with Gasteiger partial charge in [0.2, 0.25) is 5.91 Å². The van der Waals surface area contributed by atoms with Crippen molar-refractivity contribution in [2.24, 2.45) is 4.99 Å². The molecule has 0 aliphatic carbocycles. The van der Waals surface area contributed by atoms with E-state index in [0.717, 1.165) is 38.9 Å². The molecule has 0 saturated carbocycles. The number of guanidine groups is 1. The minimum absolute atomic E-state index is 0. The summed E-state index contributed by atoms with van der Waals surface area (Å²) in [6.45, 7) is 5.12. The molecule has 9 heteroatoms. The van der Waals surface area contributed by atoms with Gasteiger partial charge in [-0.1, -0.05) is 6.92 Å². The number of aliphatic imine (C=N–C) groups is 1. The Kier molecular flexibility index (Phi) is 11.5. The Morgan fingerprint density at radius 2 is 2.07 bits per heavy atom. The highest BCUT2D eigenvalue weighted by Gasteiger charge is 2.21. The van der Waals surface area contributed by atoms with Crippen molar-refractivity contribution in [3.63, 3.8) is 0 Å². The molecule has 1 aromatic rings. The van der Waals surface area contributed by atoms with Gasteiger partial charge in [-0.25, -0.2) is 4.39 Å². The van der Waals surface area contributed by atoms with Gasteiger partial charge in [-0.2, -0.15) is 5.26 Å². The smallest absolute Gasteiger partial charge is 0.234 e. The number of piperidine rings is 1. The normalized spacial score (nSPS) is 15.2. The Morgan fingerprint density at radius 3 is 2.69 bits per heavy atom. The zero-order valence-corrected chi connectivity index (χ0v) is 19.3. The lowest BCUT2D eigenvalue weighted by Crippen LogP contribution is -2.50. The molecule has 1 aliphatic heterocycles. The predicted molar refractivity (Wildman–Crippen MR) is 123 cm³/mol. The Balaban J connectivity index is 0.00000420. The quantitative estimate of drug-likeness (QED) is 0.293. The third kappa shape index (κ3) is 8.53. The average molecular weight is 516 g/mol. The molecule has 0 aromatic heterocycles. The first kappa shape index (κ1) is 25.1.